The minimum absolute atomic E-state index is 0.240. The van der Waals surface area contributed by atoms with Crippen molar-refractivity contribution in [2.75, 3.05) is 5.32 Å². The number of nitrogens with zero attached hydrogens (tertiary/aromatic N) is 1. The van der Waals surface area contributed by atoms with E-state index >= 15 is 0 Å². The second-order valence-electron chi connectivity index (χ2n) is 4.94. The number of hydrogen-bond acceptors (Lipinski definition) is 4. The Morgan fingerprint density at radius 1 is 1.36 bits per heavy atom. The highest BCUT2D eigenvalue weighted by atomic mass is 19.1. The molecule has 0 saturated carbocycles. The minimum Gasteiger partial charge on any atom is -0.481 e. The summed E-state index contributed by atoms with van der Waals surface area (Å²) in [5.74, 6) is -2.63. The van der Waals surface area contributed by atoms with Gasteiger partial charge in [-0.15, -0.1) is 0 Å². The number of carboxylic acids is 1. The Hall–Kier alpha value is -2.51. The molecule has 0 aliphatic heterocycles. The molecule has 8 heteroatoms. The zero-order valence-electron chi connectivity index (χ0n) is 12.3. The molecule has 2 N–H and O–H groups in total. The predicted molar refractivity (Wildman–Crippen MR) is 77.0 cm³/mol. The fraction of sp³-hybridized carbons (Fsp3) is 0.429. The Balaban J connectivity index is 2.95. The topological polar surface area (TPSA) is 110 Å². The first-order chi connectivity index (χ1) is 10.3. The molecule has 0 aliphatic rings. The molecule has 7 nitrogen and oxygen atoms in total. The minimum atomic E-state index is -1.23. The van der Waals surface area contributed by atoms with Gasteiger partial charge >= 0.3 is 5.97 Å². The molecule has 0 radical (unpaired) electrons. The molecule has 0 spiro atoms. The highest BCUT2D eigenvalue weighted by molar-refractivity contribution is 5.94. The number of amides is 1. The molecule has 1 aromatic carbocycles. The second kappa shape index (κ2) is 6.97. The zero-order valence-corrected chi connectivity index (χ0v) is 12.3. The molecule has 0 atom stereocenters. The number of anilines is 1. The lowest BCUT2D eigenvalue weighted by atomic mass is 9.79. The van der Waals surface area contributed by atoms with Gasteiger partial charge in [-0.25, -0.2) is 4.39 Å². The zero-order chi connectivity index (χ0) is 16.9. The van der Waals surface area contributed by atoms with E-state index in [1.54, 1.807) is 13.8 Å². The number of nitro benzene ring substituents is 1. The normalized spacial score (nSPS) is 11.0. The maximum absolute atomic E-state index is 13.6. The highest BCUT2D eigenvalue weighted by Crippen LogP contribution is 2.32. The average molecular weight is 312 g/mol. The van der Waals surface area contributed by atoms with E-state index in [1.807, 2.05) is 0 Å². The van der Waals surface area contributed by atoms with Crippen LogP contribution < -0.4 is 5.32 Å². The maximum Gasteiger partial charge on any atom is 0.310 e. The van der Waals surface area contributed by atoms with Crippen LogP contribution in [0.3, 0.4) is 0 Å². The summed E-state index contributed by atoms with van der Waals surface area (Å²) < 4.78 is 13.6. The Morgan fingerprint density at radius 3 is 2.41 bits per heavy atom. The number of nitro groups is 1. The molecular weight excluding hydrogens is 295 g/mol. The third kappa shape index (κ3) is 3.78. The van der Waals surface area contributed by atoms with Crippen molar-refractivity contribution in [3.63, 3.8) is 0 Å². The van der Waals surface area contributed by atoms with Crippen molar-refractivity contribution in [1.29, 1.82) is 0 Å². The first kappa shape index (κ1) is 17.5. The van der Waals surface area contributed by atoms with Crippen molar-refractivity contribution < 1.29 is 24.0 Å². The van der Waals surface area contributed by atoms with E-state index in [4.69, 9.17) is 0 Å². The largest absolute Gasteiger partial charge is 0.481 e. The standard InChI is InChI=1S/C14H17FN2O5/c1-3-14(4-2,13(19)20)8-12(18)16-11-7-9(17(21)22)5-6-10(11)15/h5-7H,3-4,8H2,1-2H3,(H,16,18)(H,19,20). The molecule has 0 aliphatic carbocycles. The number of rotatable bonds is 7. The number of nitrogens with one attached hydrogen (secondary N) is 1. The molecular formula is C14H17FN2O5. The molecule has 0 fully saturated rings. The van der Waals surface area contributed by atoms with Gasteiger partial charge in [0, 0.05) is 18.6 Å². The lowest BCUT2D eigenvalue weighted by molar-refractivity contribution is -0.384. The number of carboxylic acid groups (broad SMARTS) is 1. The van der Waals surface area contributed by atoms with E-state index in [0.29, 0.717) is 0 Å². The lowest BCUT2D eigenvalue weighted by Crippen LogP contribution is -2.34. The van der Waals surface area contributed by atoms with Crippen LogP contribution in [0.1, 0.15) is 33.1 Å². The first-order valence-corrected chi connectivity index (χ1v) is 6.73. The molecule has 1 aromatic rings. The van der Waals surface area contributed by atoms with Crippen LogP contribution in [0.5, 0.6) is 0 Å². The van der Waals surface area contributed by atoms with Gasteiger partial charge in [0.1, 0.15) is 5.82 Å². The fourth-order valence-electron chi connectivity index (χ4n) is 2.10. The van der Waals surface area contributed by atoms with Gasteiger partial charge in [0.15, 0.2) is 0 Å². The van der Waals surface area contributed by atoms with Crippen molar-refractivity contribution in [3.8, 4) is 0 Å². The summed E-state index contributed by atoms with van der Waals surface area (Å²) in [5.41, 5.74) is -1.95. The molecule has 0 heterocycles. The number of non-ortho nitro benzene ring substituents is 1. The SMILES string of the molecule is CCC(CC)(CC(=O)Nc1cc([N+](=O)[O-])ccc1F)C(=O)O. The van der Waals surface area contributed by atoms with Gasteiger partial charge in [-0.1, -0.05) is 13.8 Å². The predicted octanol–water partition coefficient (Wildman–Crippen LogP) is 2.95. The van der Waals surface area contributed by atoms with Gasteiger partial charge < -0.3 is 10.4 Å². The monoisotopic (exact) mass is 312 g/mol. The summed E-state index contributed by atoms with van der Waals surface area (Å²) in [6.45, 7) is 3.30. The third-order valence-corrected chi connectivity index (χ3v) is 3.74. The molecule has 0 bridgehead atoms. The van der Waals surface area contributed by atoms with E-state index in [-0.39, 0.29) is 30.6 Å². The van der Waals surface area contributed by atoms with Crippen molar-refractivity contribution in [2.24, 2.45) is 5.41 Å². The fourth-order valence-corrected chi connectivity index (χ4v) is 2.10. The van der Waals surface area contributed by atoms with E-state index in [1.165, 1.54) is 0 Å². The third-order valence-electron chi connectivity index (χ3n) is 3.74. The summed E-state index contributed by atoms with van der Waals surface area (Å²) in [4.78, 5) is 33.3. The van der Waals surface area contributed by atoms with Crippen LogP contribution in [-0.2, 0) is 9.59 Å². The van der Waals surface area contributed by atoms with Crippen molar-refractivity contribution in [3.05, 3.63) is 34.1 Å². The van der Waals surface area contributed by atoms with Crippen molar-refractivity contribution in [1.82, 2.24) is 0 Å². The van der Waals surface area contributed by atoms with Gasteiger partial charge in [0.25, 0.3) is 5.69 Å². The smallest absolute Gasteiger partial charge is 0.310 e. The number of hydrogen-bond donors (Lipinski definition) is 2. The highest BCUT2D eigenvalue weighted by Gasteiger charge is 2.37. The van der Waals surface area contributed by atoms with Gasteiger partial charge in [-0.05, 0) is 18.9 Å². The van der Waals surface area contributed by atoms with E-state index < -0.39 is 28.0 Å². The molecule has 1 amide bonds. The number of carbonyl (C=O) groups excluding carboxylic acids is 1. The number of benzene rings is 1. The van der Waals surface area contributed by atoms with Crippen LogP contribution in [0.25, 0.3) is 0 Å². The number of carbonyl (C=O) groups is 2. The lowest BCUT2D eigenvalue weighted by Gasteiger charge is -2.25. The summed E-state index contributed by atoms with van der Waals surface area (Å²) in [7, 11) is 0. The molecule has 0 saturated heterocycles. The van der Waals surface area contributed by atoms with Gasteiger partial charge in [-0.2, -0.15) is 0 Å². The van der Waals surface area contributed by atoms with E-state index in [9.17, 15) is 29.2 Å². The van der Waals surface area contributed by atoms with Crippen LogP contribution in [0, 0.1) is 21.3 Å². The first-order valence-electron chi connectivity index (χ1n) is 6.73. The van der Waals surface area contributed by atoms with Crippen molar-refractivity contribution in [2.45, 2.75) is 33.1 Å². The summed E-state index contributed by atoms with van der Waals surface area (Å²) in [6.07, 6.45) is 0.144. The molecule has 1 rings (SSSR count). The molecule has 0 unspecified atom stereocenters. The van der Waals surface area contributed by atoms with Crippen LogP contribution in [0.15, 0.2) is 18.2 Å². The Morgan fingerprint density at radius 2 is 1.95 bits per heavy atom. The molecule has 0 aromatic heterocycles. The Labute approximate surface area is 126 Å². The van der Waals surface area contributed by atoms with Gasteiger partial charge in [0.05, 0.1) is 16.0 Å². The average Bonchev–Trinajstić information content (AvgIpc) is 2.46. The Bertz CT molecular complexity index is 599. The van der Waals surface area contributed by atoms with Crippen LogP contribution in [0.4, 0.5) is 15.8 Å². The molecule has 120 valence electrons. The Kier molecular flexibility index (Phi) is 5.56. The molecule has 22 heavy (non-hydrogen) atoms. The van der Waals surface area contributed by atoms with Crippen molar-refractivity contribution >= 4 is 23.3 Å². The maximum atomic E-state index is 13.6. The summed E-state index contributed by atoms with van der Waals surface area (Å²) in [6, 6.07) is 2.75. The van der Waals surface area contributed by atoms with Crippen LogP contribution in [0.2, 0.25) is 0 Å². The summed E-state index contributed by atoms with van der Waals surface area (Å²) in [5, 5.41) is 22.1. The second-order valence-corrected chi connectivity index (χ2v) is 4.94. The van der Waals surface area contributed by atoms with E-state index in [0.717, 1.165) is 18.2 Å². The number of aliphatic carboxylic acids is 1. The van der Waals surface area contributed by atoms with Crippen LogP contribution >= 0.6 is 0 Å². The summed E-state index contributed by atoms with van der Waals surface area (Å²) >= 11 is 0. The number of halogens is 1. The van der Waals surface area contributed by atoms with Gasteiger partial charge in [0.2, 0.25) is 5.91 Å². The van der Waals surface area contributed by atoms with Crippen LogP contribution in [-0.4, -0.2) is 21.9 Å². The quantitative estimate of drug-likeness (QED) is 0.594. The van der Waals surface area contributed by atoms with E-state index in [2.05, 4.69) is 5.32 Å². The van der Waals surface area contributed by atoms with Gasteiger partial charge in [-0.3, -0.25) is 19.7 Å².